The van der Waals surface area contributed by atoms with Crippen LogP contribution in [0.1, 0.15) is 12.8 Å². The molecule has 2 N–H and O–H groups in total. The van der Waals surface area contributed by atoms with Gasteiger partial charge < -0.3 is 10.6 Å². The maximum Gasteiger partial charge on any atom is 0.393 e. The SMILES string of the molecule is Nc1ccnc(N2CCCC(C(F)(F)F)C2)c1. The van der Waals surface area contributed by atoms with E-state index in [0.29, 0.717) is 24.5 Å². The van der Waals surface area contributed by atoms with Crippen molar-refractivity contribution in [1.29, 1.82) is 0 Å². The minimum absolute atomic E-state index is 0.0278. The van der Waals surface area contributed by atoms with Crippen molar-refractivity contribution in [3.63, 3.8) is 0 Å². The normalized spacial score (nSPS) is 21.6. The molecule has 0 aliphatic carbocycles. The van der Waals surface area contributed by atoms with Gasteiger partial charge >= 0.3 is 6.18 Å². The molecule has 0 spiro atoms. The first kappa shape index (κ1) is 12.0. The highest BCUT2D eigenvalue weighted by atomic mass is 19.4. The van der Waals surface area contributed by atoms with Gasteiger partial charge in [0.15, 0.2) is 0 Å². The maximum atomic E-state index is 12.6. The Morgan fingerprint density at radius 2 is 2.18 bits per heavy atom. The van der Waals surface area contributed by atoms with Gasteiger partial charge in [-0.15, -0.1) is 0 Å². The summed E-state index contributed by atoms with van der Waals surface area (Å²) in [7, 11) is 0. The van der Waals surface area contributed by atoms with E-state index in [4.69, 9.17) is 5.73 Å². The Labute approximate surface area is 97.4 Å². The minimum atomic E-state index is -4.13. The number of anilines is 2. The third kappa shape index (κ3) is 2.81. The number of nitrogens with zero attached hydrogens (tertiary/aromatic N) is 2. The van der Waals surface area contributed by atoms with Crippen LogP contribution in [0.25, 0.3) is 0 Å². The van der Waals surface area contributed by atoms with Crippen LogP contribution in [0.3, 0.4) is 0 Å². The lowest BCUT2D eigenvalue weighted by Crippen LogP contribution is -2.42. The van der Waals surface area contributed by atoms with E-state index in [-0.39, 0.29) is 13.0 Å². The van der Waals surface area contributed by atoms with E-state index in [1.807, 2.05) is 0 Å². The van der Waals surface area contributed by atoms with Gasteiger partial charge in [0.25, 0.3) is 0 Å². The Bertz CT molecular complexity index is 392. The van der Waals surface area contributed by atoms with Gasteiger partial charge in [0.05, 0.1) is 5.92 Å². The van der Waals surface area contributed by atoms with E-state index in [0.717, 1.165) is 0 Å². The molecule has 0 radical (unpaired) electrons. The number of alkyl halides is 3. The summed E-state index contributed by atoms with van der Waals surface area (Å²) in [6.45, 7) is 0.572. The number of aromatic nitrogens is 1. The molecule has 0 bridgehead atoms. The lowest BCUT2D eigenvalue weighted by molar-refractivity contribution is -0.176. The number of hydrogen-bond acceptors (Lipinski definition) is 3. The predicted molar refractivity (Wildman–Crippen MR) is 59.6 cm³/mol. The second kappa shape index (κ2) is 4.43. The van der Waals surface area contributed by atoms with Gasteiger partial charge in [-0.25, -0.2) is 4.98 Å². The number of nitrogen functional groups attached to an aromatic ring is 1. The van der Waals surface area contributed by atoms with Gasteiger partial charge in [0, 0.05) is 31.0 Å². The van der Waals surface area contributed by atoms with E-state index in [9.17, 15) is 13.2 Å². The van der Waals surface area contributed by atoms with Crippen molar-refractivity contribution in [3.8, 4) is 0 Å². The number of pyridine rings is 1. The molecule has 1 aromatic rings. The summed E-state index contributed by atoms with van der Waals surface area (Å²) < 4.78 is 37.9. The van der Waals surface area contributed by atoms with Gasteiger partial charge in [0.1, 0.15) is 5.82 Å². The molecule has 2 rings (SSSR count). The molecular formula is C11H14F3N3. The second-order valence-electron chi connectivity index (χ2n) is 4.27. The first-order valence-corrected chi connectivity index (χ1v) is 5.50. The Kier molecular flexibility index (Phi) is 3.13. The van der Waals surface area contributed by atoms with Crippen LogP contribution >= 0.6 is 0 Å². The molecule has 1 unspecified atom stereocenters. The van der Waals surface area contributed by atoms with Crippen LogP contribution < -0.4 is 10.6 Å². The molecule has 17 heavy (non-hydrogen) atoms. The summed E-state index contributed by atoms with van der Waals surface area (Å²) in [4.78, 5) is 5.71. The fourth-order valence-electron chi connectivity index (χ4n) is 2.06. The molecule has 0 saturated carbocycles. The first-order chi connectivity index (χ1) is 7.97. The van der Waals surface area contributed by atoms with E-state index >= 15 is 0 Å². The van der Waals surface area contributed by atoms with Crippen molar-refractivity contribution in [3.05, 3.63) is 18.3 Å². The average molecular weight is 245 g/mol. The highest BCUT2D eigenvalue weighted by Crippen LogP contribution is 2.34. The Balaban J connectivity index is 2.12. The zero-order valence-corrected chi connectivity index (χ0v) is 9.24. The Morgan fingerprint density at radius 1 is 1.41 bits per heavy atom. The smallest absolute Gasteiger partial charge is 0.393 e. The quantitative estimate of drug-likeness (QED) is 0.826. The van der Waals surface area contributed by atoms with Crippen molar-refractivity contribution in [2.24, 2.45) is 5.92 Å². The maximum absolute atomic E-state index is 12.6. The molecule has 3 nitrogen and oxygen atoms in total. The molecule has 1 atom stereocenters. The van der Waals surface area contributed by atoms with Gasteiger partial charge in [0.2, 0.25) is 0 Å². The van der Waals surface area contributed by atoms with Gasteiger partial charge in [-0.05, 0) is 18.9 Å². The Hall–Kier alpha value is -1.46. The molecule has 94 valence electrons. The topological polar surface area (TPSA) is 42.1 Å². The van der Waals surface area contributed by atoms with Gasteiger partial charge in [-0.1, -0.05) is 0 Å². The van der Waals surface area contributed by atoms with E-state index in [1.54, 1.807) is 17.0 Å². The fraction of sp³-hybridized carbons (Fsp3) is 0.545. The van der Waals surface area contributed by atoms with Crippen molar-refractivity contribution < 1.29 is 13.2 Å². The molecule has 0 amide bonds. The number of rotatable bonds is 1. The predicted octanol–water partition coefficient (Wildman–Crippen LogP) is 2.44. The fourth-order valence-corrected chi connectivity index (χ4v) is 2.06. The lowest BCUT2D eigenvalue weighted by Gasteiger charge is -2.34. The third-order valence-electron chi connectivity index (χ3n) is 2.98. The number of halogens is 3. The van der Waals surface area contributed by atoms with Gasteiger partial charge in [-0.3, -0.25) is 0 Å². The molecule has 1 aliphatic heterocycles. The van der Waals surface area contributed by atoms with Crippen LogP contribution in [0.15, 0.2) is 18.3 Å². The summed E-state index contributed by atoms with van der Waals surface area (Å²) in [5, 5.41) is 0. The highest BCUT2D eigenvalue weighted by Gasteiger charge is 2.41. The van der Waals surface area contributed by atoms with Crippen molar-refractivity contribution in [2.45, 2.75) is 19.0 Å². The molecule has 6 heteroatoms. The van der Waals surface area contributed by atoms with Crippen LogP contribution in [0.5, 0.6) is 0 Å². The van der Waals surface area contributed by atoms with Crippen LogP contribution in [0, 0.1) is 5.92 Å². The standard InChI is InChI=1S/C11H14F3N3/c12-11(13,14)8-2-1-5-17(7-8)10-6-9(15)3-4-16-10/h3-4,6,8H,1-2,5,7H2,(H2,15,16). The largest absolute Gasteiger partial charge is 0.399 e. The molecular weight excluding hydrogens is 231 g/mol. The zero-order valence-electron chi connectivity index (χ0n) is 9.24. The number of hydrogen-bond donors (Lipinski definition) is 1. The summed E-state index contributed by atoms with van der Waals surface area (Å²) in [6, 6.07) is 3.23. The lowest BCUT2D eigenvalue weighted by atomic mass is 9.97. The second-order valence-corrected chi connectivity index (χ2v) is 4.27. The highest BCUT2D eigenvalue weighted by molar-refractivity contribution is 5.50. The molecule has 1 aliphatic rings. The summed E-state index contributed by atoms with van der Waals surface area (Å²) >= 11 is 0. The Morgan fingerprint density at radius 3 is 2.82 bits per heavy atom. The molecule has 1 saturated heterocycles. The van der Waals surface area contributed by atoms with Crippen LogP contribution in [0.2, 0.25) is 0 Å². The zero-order chi connectivity index (χ0) is 12.5. The van der Waals surface area contributed by atoms with Crippen molar-refractivity contribution in [2.75, 3.05) is 23.7 Å². The first-order valence-electron chi connectivity index (χ1n) is 5.50. The number of piperidine rings is 1. The van der Waals surface area contributed by atoms with Crippen LogP contribution in [-0.4, -0.2) is 24.2 Å². The molecule has 1 fully saturated rings. The minimum Gasteiger partial charge on any atom is -0.399 e. The van der Waals surface area contributed by atoms with E-state index in [1.165, 1.54) is 6.20 Å². The monoisotopic (exact) mass is 245 g/mol. The van der Waals surface area contributed by atoms with Gasteiger partial charge in [-0.2, -0.15) is 13.2 Å². The number of nitrogens with two attached hydrogens (primary N) is 1. The van der Waals surface area contributed by atoms with E-state index in [2.05, 4.69) is 4.98 Å². The molecule has 0 aromatic carbocycles. The van der Waals surface area contributed by atoms with Crippen molar-refractivity contribution >= 4 is 11.5 Å². The summed E-state index contributed by atoms with van der Waals surface area (Å²) in [6.07, 6.45) is -1.89. The third-order valence-corrected chi connectivity index (χ3v) is 2.98. The van der Waals surface area contributed by atoms with E-state index < -0.39 is 12.1 Å². The summed E-state index contributed by atoms with van der Waals surface area (Å²) in [5.41, 5.74) is 6.11. The van der Waals surface area contributed by atoms with Crippen LogP contribution in [-0.2, 0) is 0 Å². The van der Waals surface area contributed by atoms with Crippen molar-refractivity contribution in [1.82, 2.24) is 4.98 Å². The molecule has 2 heterocycles. The van der Waals surface area contributed by atoms with Crippen LogP contribution in [0.4, 0.5) is 24.7 Å². The molecule has 1 aromatic heterocycles. The summed E-state index contributed by atoms with van der Waals surface area (Å²) in [5.74, 6) is -0.738. The average Bonchev–Trinajstić information content (AvgIpc) is 2.28.